The number of hydrogen-bond acceptors (Lipinski definition) is 6. The van der Waals surface area contributed by atoms with Crippen LogP contribution in [0.4, 0.5) is 0 Å². The highest BCUT2D eigenvalue weighted by molar-refractivity contribution is 6.27. The summed E-state index contributed by atoms with van der Waals surface area (Å²) in [5, 5.41) is 20.0. The molecule has 0 aromatic heterocycles. The van der Waals surface area contributed by atoms with Gasteiger partial charge in [0.1, 0.15) is 17.6 Å². The second-order valence-corrected chi connectivity index (χ2v) is 7.18. The first kappa shape index (κ1) is 22.1. The number of ketones is 2. The van der Waals surface area contributed by atoms with Crippen LogP contribution >= 0.6 is 0 Å². The Morgan fingerprint density at radius 3 is 2.41 bits per heavy atom. The van der Waals surface area contributed by atoms with Crippen LogP contribution in [0.5, 0.6) is 11.5 Å². The molecule has 1 aliphatic carbocycles. The van der Waals surface area contributed by atoms with Gasteiger partial charge in [0, 0.05) is 18.4 Å². The Morgan fingerprint density at radius 1 is 1.14 bits per heavy atom. The Bertz CT molecular complexity index is 887. The van der Waals surface area contributed by atoms with Gasteiger partial charge in [-0.2, -0.15) is 0 Å². The number of esters is 1. The number of carbonyl (C=O) groups is 3. The van der Waals surface area contributed by atoms with Crippen LogP contribution in [0.15, 0.2) is 48.1 Å². The number of phenols is 2. The summed E-state index contributed by atoms with van der Waals surface area (Å²) in [6.45, 7) is 7.38. The van der Waals surface area contributed by atoms with E-state index in [2.05, 4.69) is 6.58 Å². The van der Waals surface area contributed by atoms with Crippen LogP contribution in [0, 0.1) is 0 Å². The minimum atomic E-state index is -0.955. The van der Waals surface area contributed by atoms with Crippen LogP contribution in [-0.2, 0) is 9.53 Å². The van der Waals surface area contributed by atoms with Crippen molar-refractivity contribution in [2.45, 2.75) is 52.1 Å². The van der Waals surface area contributed by atoms with E-state index in [4.69, 9.17) is 4.74 Å². The molecule has 0 bridgehead atoms. The Hall–Kier alpha value is -3.15. The van der Waals surface area contributed by atoms with Gasteiger partial charge >= 0.3 is 5.97 Å². The number of ether oxygens (including phenoxy) is 1. The Kier molecular flexibility index (Phi) is 7.53. The van der Waals surface area contributed by atoms with Gasteiger partial charge in [-0.25, -0.2) is 0 Å². The van der Waals surface area contributed by atoms with E-state index in [9.17, 15) is 24.6 Å². The molecule has 0 amide bonds. The number of rotatable bonds is 9. The quantitative estimate of drug-likeness (QED) is 0.276. The summed E-state index contributed by atoms with van der Waals surface area (Å²) in [5.41, 5.74) is 0.445. The summed E-state index contributed by atoms with van der Waals surface area (Å²) in [6, 6.07) is 2.31. The maximum atomic E-state index is 13.0. The van der Waals surface area contributed by atoms with E-state index >= 15 is 0 Å². The number of fused-ring (bicyclic) bond motifs is 1. The predicted molar refractivity (Wildman–Crippen MR) is 109 cm³/mol. The molecule has 0 unspecified atom stereocenters. The summed E-state index contributed by atoms with van der Waals surface area (Å²) in [7, 11) is 0. The van der Waals surface area contributed by atoms with Crippen LogP contribution in [0.1, 0.15) is 66.7 Å². The van der Waals surface area contributed by atoms with E-state index in [1.807, 2.05) is 19.9 Å². The number of carbonyl (C=O) groups excluding carboxylic acids is 3. The average molecular weight is 398 g/mol. The molecule has 1 aliphatic rings. The minimum Gasteiger partial charge on any atom is -0.507 e. The molecule has 0 radical (unpaired) electrons. The zero-order valence-electron chi connectivity index (χ0n) is 16.7. The van der Waals surface area contributed by atoms with Gasteiger partial charge < -0.3 is 14.9 Å². The Balaban J connectivity index is 2.31. The van der Waals surface area contributed by atoms with E-state index in [1.54, 1.807) is 6.08 Å². The molecule has 154 valence electrons. The summed E-state index contributed by atoms with van der Waals surface area (Å²) < 4.78 is 5.53. The number of Topliss-reactive ketones (excluding diaryl/α,β-unsaturated/α-hetero) is 1. The second-order valence-electron chi connectivity index (χ2n) is 7.18. The van der Waals surface area contributed by atoms with E-state index in [0.717, 1.165) is 36.6 Å². The SMILES string of the molecule is C=CCCCCC(=O)O[C@H](CC=C(C)C)C1=CC(=O)c2c(O)ccc(O)c2C1=O. The summed E-state index contributed by atoms with van der Waals surface area (Å²) >= 11 is 0. The van der Waals surface area contributed by atoms with Crippen molar-refractivity contribution in [3.05, 3.63) is 59.2 Å². The maximum Gasteiger partial charge on any atom is 0.306 e. The first-order valence-corrected chi connectivity index (χ1v) is 9.55. The van der Waals surface area contributed by atoms with Crippen molar-refractivity contribution in [1.82, 2.24) is 0 Å². The lowest BCUT2D eigenvalue weighted by molar-refractivity contribution is -0.147. The molecule has 2 rings (SSSR count). The summed E-state index contributed by atoms with van der Waals surface area (Å²) in [4.78, 5) is 37.8. The van der Waals surface area contributed by atoms with E-state index in [0.29, 0.717) is 6.42 Å². The van der Waals surface area contributed by atoms with Crippen LogP contribution < -0.4 is 0 Å². The van der Waals surface area contributed by atoms with Crippen molar-refractivity contribution in [2.75, 3.05) is 0 Å². The van der Waals surface area contributed by atoms with Crippen LogP contribution in [0.25, 0.3) is 0 Å². The lowest BCUT2D eigenvalue weighted by atomic mass is 9.85. The molecule has 0 saturated heterocycles. The second kappa shape index (κ2) is 9.87. The third-order valence-electron chi connectivity index (χ3n) is 4.58. The number of unbranched alkanes of at least 4 members (excludes halogenated alkanes) is 2. The van der Waals surface area contributed by atoms with Gasteiger partial charge in [-0.1, -0.05) is 17.7 Å². The highest BCUT2D eigenvalue weighted by Crippen LogP contribution is 2.36. The van der Waals surface area contributed by atoms with E-state index in [1.165, 1.54) is 0 Å². The topological polar surface area (TPSA) is 101 Å². The molecule has 0 spiro atoms. The fraction of sp³-hybridized carbons (Fsp3) is 0.348. The third-order valence-corrected chi connectivity index (χ3v) is 4.58. The van der Waals surface area contributed by atoms with Crippen molar-refractivity contribution < 1.29 is 29.3 Å². The van der Waals surface area contributed by atoms with Gasteiger partial charge in [-0.15, -0.1) is 6.58 Å². The minimum absolute atomic E-state index is 0.0136. The van der Waals surface area contributed by atoms with Gasteiger partial charge in [0.05, 0.1) is 11.1 Å². The molecule has 1 atom stereocenters. The lowest BCUT2D eigenvalue weighted by Gasteiger charge is -2.23. The van der Waals surface area contributed by atoms with E-state index < -0.39 is 29.4 Å². The number of hydrogen-bond donors (Lipinski definition) is 2. The normalized spacial score (nSPS) is 13.9. The first-order chi connectivity index (χ1) is 13.8. The fourth-order valence-electron chi connectivity index (χ4n) is 3.08. The van der Waals surface area contributed by atoms with Crippen molar-refractivity contribution >= 4 is 17.5 Å². The molecular weight excluding hydrogens is 372 g/mol. The largest absolute Gasteiger partial charge is 0.507 e. The number of benzene rings is 1. The Morgan fingerprint density at radius 2 is 1.79 bits per heavy atom. The third kappa shape index (κ3) is 5.44. The summed E-state index contributed by atoms with van der Waals surface area (Å²) in [5.74, 6) is -2.51. The molecule has 0 fully saturated rings. The molecule has 1 aromatic carbocycles. The molecule has 29 heavy (non-hydrogen) atoms. The average Bonchev–Trinajstić information content (AvgIpc) is 2.67. The monoisotopic (exact) mass is 398 g/mol. The summed E-state index contributed by atoms with van der Waals surface area (Å²) in [6.07, 6.45) is 6.36. The van der Waals surface area contributed by atoms with Gasteiger partial charge in [0.25, 0.3) is 0 Å². The standard InChI is InChI=1S/C23H26O6/c1-4-5-6-7-8-20(27)29-19(12-9-14(2)3)15-13-18(26)21-16(24)10-11-17(25)22(21)23(15)28/h4,9-11,13,19,24-25H,1,5-8,12H2,2-3H3/t19-/m1/s1. The highest BCUT2D eigenvalue weighted by Gasteiger charge is 2.35. The van der Waals surface area contributed by atoms with Crippen molar-refractivity contribution in [3.63, 3.8) is 0 Å². The predicted octanol–water partition coefficient (Wildman–Crippen LogP) is 4.42. The number of aromatic hydroxyl groups is 2. The van der Waals surface area contributed by atoms with Crippen LogP contribution in [0.3, 0.4) is 0 Å². The molecule has 6 nitrogen and oxygen atoms in total. The Labute approximate surface area is 170 Å². The van der Waals surface area contributed by atoms with Crippen LogP contribution in [-0.4, -0.2) is 33.9 Å². The van der Waals surface area contributed by atoms with E-state index in [-0.39, 0.29) is 35.3 Å². The van der Waals surface area contributed by atoms with Crippen molar-refractivity contribution in [2.24, 2.45) is 0 Å². The highest BCUT2D eigenvalue weighted by atomic mass is 16.5. The fourth-order valence-corrected chi connectivity index (χ4v) is 3.08. The zero-order chi connectivity index (χ0) is 21.6. The van der Waals surface area contributed by atoms with Gasteiger partial charge in [0.2, 0.25) is 0 Å². The van der Waals surface area contributed by atoms with Gasteiger partial charge in [-0.05, 0) is 51.3 Å². The number of allylic oxidation sites excluding steroid dienone is 3. The first-order valence-electron chi connectivity index (χ1n) is 9.55. The molecule has 0 heterocycles. The van der Waals surface area contributed by atoms with Crippen molar-refractivity contribution in [3.8, 4) is 11.5 Å². The molecular formula is C23H26O6. The van der Waals surface area contributed by atoms with Crippen molar-refractivity contribution in [1.29, 1.82) is 0 Å². The van der Waals surface area contributed by atoms with Gasteiger partial charge in [-0.3, -0.25) is 14.4 Å². The molecule has 0 saturated carbocycles. The maximum absolute atomic E-state index is 13.0. The lowest BCUT2D eigenvalue weighted by Crippen LogP contribution is -2.29. The van der Waals surface area contributed by atoms with Crippen LogP contribution in [0.2, 0.25) is 0 Å². The van der Waals surface area contributed by atoms with Gasteiger partial charge in [0.15, 0.2) is 11.6 Å². The molecule has 6 heteroatoms. The molecule has 0 aliphatic heterocycles. The molecule has 1 aromatic rings. The number of phenolic OH excluding ortho intramolecular Hbond substituents is 2. The zero-order valence-corrected chi connectivity index (χ0v) is 16.7. The smallest absolute Gasteiger partial charge is 0.306 e. The molecule has 2 N–H and O–H groups in total.